The summed E-state index contributed by atoms with van der Waals surface area (Å²) in [6.07, 6.45) is 5.92. The Hall–Kier alpha value is 0.270. The van der Waals surface area contributed by atoms with Crippen LogP contribution in [0.2, 0.25) is 0 Å². The molecule has 0 aromatic rings. The maximum Gasteiger partial charge on any atom is 0.00717 e. The van der Waals surface area contributed by atoms with E-state index in [1.807, 2.05) is 11.8 Å². The second-order valence-corrected chi connectivity index (χ2v) is 5.40. The van der Waals surface area contributed by atoms with Gasteiger partial charge < -0.3 is 10.6 Å². The Morgan fingerprint density at radius 3 is 2.47 bits per heavy atom. The van der Waals surface area contributed by atoms with Crippen LogP contribution in [-0.2, 0) is 0 Å². The highest BCUT2D eigenvalue weighted by atomic mass is 32.2. The second kappa shape index (κ2) is 9.49. The van der Waals surface area contributed by atoms with Crippen LogP contribution in [0.25, 0.3) is 0 Å². The normalized spacial score (nSPS) is 15.6. The molecule has 2 atom stereocenters. The predicted molar refractivity (Wildman–Crippen MR) is 72.5 cm³/mol. The molecule has 0 bridgehead atoms. The molecule has 2 unspecified atom stereocenters. The van der Waals surface area contributed by atoms with Gasteiger partial charge in [0, 0.05) is 6.04 Å². The SMILES string of the molecule is CCC(CN)CCN(C)C(C)CCSC. The van der Waals surface area contributed by atoms with E-state index >= 15 is 0 Å². The highest BCUT2D eigenvalue weighted by molar-refractivity contribution is 7.98. The highest BCUT2D eigenvalue weighted by Crippen LogP contribution is 2.10. The van der Waals surface area contributed by atoms with Crippen LogP contribution < -0.4 is 5.73 Å². The summed E-state index contributed by atoms with van der Waals surface area (Å²) in [5.41, 5.74) is 5.70. The summed E-state index contributed by atoms with van der Waals surface area (Å²) < 4.78 is 0. The van der Waals surface area contributed by atoms with Gasteiger partial charge in [0.25, 0.3) is 0 Å². The van der Waals surface area contributed by atoms with Crippen LogP contribution >= 0.6 is 11.8 Å². The van der Waals surface area contributed by atoms with Crippen molar-refractivity contribution in [2.75, 3.05) is 32.1 Å². The van der Waals surface area contributed by atoms with Gasteiger partial charge in [-0.2, -0.15) is 11.8 Å². The number of thioether (sulfide) groups is 1. The van der Waals surface area contributed by atoms with Gasteiger partial charge in [-0.3, -0.25) is 0 Å². The largest absolute Gasteiger partial charge is 0.330 e. The molecule has 0 saturated carbocycles. The molecule has 0 aliphatic heterocycles. The van der Waals surface area contributed by atoms with E-state index in [2.05, 4.69) is 32.1 Å². The Morgan fingerprint density at radius 1 is 1.33 bits per heavy atom. The van der Waals surface area contributed by atoms with E-state index in [1.54, 1.807) is 0 Å². The number of nitrogens with zero attached hydrogens (tertiary/aromatic N) is 1. The molecule has 0 rings (SSSR count). The minimum atomic E-state index is 0.702. The molecular formula is C12H28N2S. The Balaban J connectivity index is 3.66. The van der Waals surface area contributed by atoms with Crippen molar-refractivity contribution < 1.29 is 0 Å². The lowest BCUT2D eigenvalue weighted by molar-refractivity contribution is 0.233. The van der Waals surface area contributed by atoms with Crippen LogP contribution in [-0.4, -0.2) is 43.1 Å². The first-order valence-electron chi connectivity index (χ1n) is 6.04. The quantitative estimate of drug-likeness (QED) is 0.662. The number of hydrogen-bond donors (Lipinski definition) is 1. The Morgan fingerprint density at radius 2 is 2.00 bits per heavy atom. The molecule has 92 valence electrons. The van der Waals surface area contributed by atoms with Crippen molar-refractivity contribution in [3.05, 3.63) is 0 Å². The van der Waals surface area contributed by atoms with Gasteiger partial charge in [0.2, 0.25) is 0 Å². The molecule has 0 heterocycles. The molecule has 0 saturated heterocycles. The minimum absolute atomic E-state index is 0.702. The van der Waals surface area contributed by atoms with Crippen molar-refractivity contribution in [2.24, 2.45) is 11.7 Å². The zero-order valence-corrected chi connectivity index (χ0v) is 11.6. The van der Waals surface area contributed by atoms with Gasteiger partial charge in [0.1, 0.15) is 0 Å². The molecule has 3 heteroatoms. The zero-order valence-electron chi connectivity index (χ0n) is 10.8. The molecule has 0 aliphatic carbocycles. The number of hydrogen-bond acceptors (Lipinski definition) is 3. The summed E-state index contributed by atoms with van der Waals surface area (Å²) in [6.45, 7) is 6.57. The van der Waals surface area contributed by atoms with Crippen LogP contribution in [0.1, 0.15) is 33.1 Å². The fraction of sp³-hybridized carbons (Fsp3) is 1.00. The van der Waals surface area contributed by atoms with Gasteiger partial charge in [-0.1, -0.05) is 13.3 Å². The standard InChI is InChI=1S/C12H28N2S/c1-5-12(10-13)6-8-14(3)11(2)7-9-15-4/h11-12H,5-10,13H2,1-4H3. The fourth-order valence-corrected chi connectivity index (χ4v) is 2.18. The Kier molecular flexibility index (Phi) is 9.66. The highest BCUT2D eigenvalue weighted by Gasteiger charge is 2.10. The first-order chi connectivity index (χ1) is 7.15. The summed E-state index contributed by atoms with van der Waals surface area (Å²) in [5.74, 6) is 1.97. The first kappa shape index (κ1) is 15.3. The van der Waals surface area contributed by atoms with Gasteiger partial charge in [0.15, 0.2) is 0 Å². The first-order valence-corrected chi connectivity index (χ1v) is 7.44. The molecule has 0 aromatic carbocycles. The van der Waals surface area contributed by atoms with Crippen LogP contribution in [0.15, 0.2) is 0 Å². The van der Waals surface area contributed by atoms with Gasteiger partial charge >= 0.3 is 0 Å². The molecule has 0 spiro atoms. The molecule has 0 fully saturated rings. The van der Waals surface area contributed by atoms with E-state index in [9.17, 15) is 0 Å². The van der Waals surface area contributed by atoms with Gasteiger partial charge in [-0.15, -0.1) is 0 Å². The summed E-state index contributed by atoms with van der Waals surface area (Å²) in [7, 11) is 2.23. The molecule has 2 nitrogen and oxygen atoms in total. The third-order valence-corrected chi connectivity index (χ3v) is 3.94. The lowest BCUT2D eigenvalue weighted by Crippen LogP contribution is -2.32. The van der Waals surface area contributed by atoms with Crippen LogP contribution in [0, 0.1) is 5.92 Å². The molecule has 0 radical (unpaired) electrons. The smallest absolute Gasteiger partial charge is 0.00717 e. The second-order valence-electron chi connectivity index (χ2n) is 4.41. The van der Waals surface area contributed by atoms with Crippen molar-refractivity contribution in [3.8, 4) is 0 Å². The van der Waals surface area contributed by atoms with Crippen LogP contribution in [0.5, 0.6) is 0 Å². The molecule has 0 aliphatic rings. The monoisotopic (exact) mass is 232 g/mol. The molecule has 0 aromatic heterocycles. The van der Waals surface area contributed by atoms with Gasteiger partial charge in [0.05, 0.1) is 0 Å². The van der Waals surface area contributed by atoms with Crippen molar-refractivity contribution in [1.82, 2.24) is 4.90 Å². The average Bonchev–Trinajstić information content (AvgIpc) is 2.26. The lowest BCUT2D eigenvalue weighted by Gasteiger charge is -2.26. The Bertz CT molecular complexity index is 138. The van der Waals surface area contributed by atoms with Crippen molar-refractivity contribution in [1.29, 1.82) is 0 Å². The minimum Gasteiger partial charge on any atom is -0.330 e. The average molecular weight is 232 g/mol. The maximum absolute atomic E-state index is 5.70. The van der Waals surface area contributed by atoms with E-state index in [-0.39, 0.29) is 0 Å². The number of nitrogens with two attached hydrogens (primary N) is 1. The Labute approximate surface area is 100.0 Å². The van der Waals surface area contributed by atoms with E-state index in [0.29, 0.717) is 12.0 Å². The lowest BCUT2D eigenvalue weighted by atomic mass is 10.0. The third kappa shape index (κ3) is 7.20. The van der Waals surface area contributed by atoms with E-state index in [1.165, 1.54) is 31.6 Å². The molecule has 0 amide bonds. The van der Waals surface area contributed by atoms with Crippen molar-refractivity contribution >= 4 is 11.8 Å². The van der Waals surface area contributed by atoms with Crippen LogP contribution in [0.3, 0.4) is 0 Å². The zero-order chi connectivity index (χ0) is 11.7. The van der Waals surface area contributed by atoms with Crippen molar-refractivity contribution in [2.45, 2.75) is 39.2 Å². The van der Waals surface area contributed by atoms with Gasteiger partial charge in [-0.05, 0) is 57.8 Å². The maximum atomic E-state index is 5.70. The van der Waals surface area contributed by atoms with E-state index < -0.39 is 0 Å². The summed E-state index contributed by atoms with van der Waals surface area (Å²) in [4.78, 5) is 2.47. The molecular weight excluding hydrogens is 204 g/mol. The molecule has 15 heavy (non-hydrogen) atoms. The van der Waals surface area contributed by atoms with E-state index in [4.69, 9.17) is 5.73 Å². The summed E-state index contributed by atoms with van der Waals surface area (Å²) in [6, 6.07) is 0.702. The third-order valence-electron chi connectivity index (χ3n) is 3.29. The van der Waals surface area contributed by atoms with Crippen LogP contribution in [0.4, 0.5) is 0 Å². The number of rotatable bonds is 9. The van der Waals surface area contributed by atoms with E-state index in [0.717, 1.165) is 6.54 Å². The van der Waals surface area contributed by atoms with Crippen molar-refractivity contribution in [3.63, 3.8) is 0 Å². The summed E-state index contributed by atoms with van der Waals surface area (Å²) >= 11 is 1.93. The topological polar surface area (TPSA) is 29.3 Å². The summed E-state index contributed by atoms with van der Waals surface area (Å²) in [5, 5.41) is 0. The van der Waals surface area contributed by atoms with Gasteiger partial charge in [-0.25, -0.2) is 0 Å². The fourth-order valence-electron chi connectivity index (χ4n) is 1.60. The predicted octanol–water partition coefficient (Wildman–Crippen LogP) is 2.43. The molecule has 2 N–H and O–H groups in total.